The molecule has 4 rings (SSSR count). The van der Waals surface area contributed by atoms with Gasteiger partial charge < -0.3 is 15.2 Å². The predicted octanol–water partition coefficient (Wildman–Crippen LogP) is 5.56. The lowest BCUT2D eigenvalue weighted by Gasteiger charge is -2.22. The van der Waals surface area contributed by atoms with Crippen LogP contribution in [0.4, 0.5) is 17.6 Å². The quantitative estimate of drug-likeness (QED) is 0.439. The van der Waals surface area contributed by atoms with Crippen LogP contribution in [0.15, 0.2) is 54.6 Å². The minimum atomic E-state index is -4.47. The van der Waals surface area contributed by atoms with E-state index in [9.17, 15) is 32.3 Å². The molecule has 178 valence electrons. The molecule has 0 bridgehead atoms. The number of ether oxygens (including phenoxy) is 1. The maximum atomic E-state index is 13.7. The molecule has 3 aromatic rings. The highest BCUT2D eigenvalue weighted by molar-refractivity contribution is 6.05. The number of hydrogen-bond acceptors (Lipinski definition) is 3. The summed E-state index contributed by atoms with van der Waals surface area (Å²) < 4.78 is 58.0. The SMILES string of the molecule is CC1(C(NC(=O)c2ccc3cc(F)ccc3c2OCc2ccc(C(F)(F)F)cc2)C(=O)O)CC1. The Kier molecular flexibility index (Phi) is 5.97. The lowest BCUT2D eigenvalue weighted by Crippen LogP contribution is -2.46. The number of alkyl halides is 3. The van der Waals surface area contributed by atoms with Crippen molar-refractivity contribution in [3.63, 3.8) is 0 Å². The van der Waals surface area contributed by atoms with E-state index in [2.05, 4.69) is 5.32 Å². The number of hydrogen-bond donors (Lipinski definition) is 2. The highest BCUT2D eigenvalue weighted by Crippen LogP contribution is 2.48. The van der Waals surface area contributed by atoms with E-state index in [1.54, 1.807) is 6.92 Å². The number of fused-ring (bicyclic) bond motifs is 1. The predicted molar refractivity (Wildman–Crippen MR) is 116 cm³/mol. The minimum Gasteiger partial charge on any atom is -0.487 e. The average molecular weight is 475 g/mol. The molecule has 1 saturated carbocycles. The number of rotatable bonds is 7. The molecular weight excluding hydrogens is 454 g/mol. The molecule has 1 unspecified atom stereocenters. The summed E-state index contributed by atoms with van der Waals surface area (Å²) in [7, 11) is 0. The minimum absolute atomic E-state index is 0.0431. The topological polar surface area (TPSA) is 75.6 Å². The normalized spacial score (nSPS) is 15.6. The number of amides is 1. The van der Waals surface area contributed by atoms with Crippen LogP contribution in [-0.4, -0.2) is 23.0 Å². The summed E-state index contributed by atoms with van der Waals surface area (Å²) in [6.07, 6.45) is -3.14. The number of carboxylic acids is 1. The molecule has 1 aliphatic rings. The summed E-state index contributed by atoms with van der Waals surface area (Å²) in [6, 6.07) is 10.1. The van der Waals surface area contributed by atoms with E-state index >= 15 is 0 Å². The molecule has 34 heavy (non-hydrogen) atoms. The van der Waals surface area contributed by atoms with Gasteiger partial charge in [0.15, 0.2) is 0 Å². The molecule has 1 atom stereocenters. The van der Waals surface area contributed by atoms with Gasteiger partial charge in [-0.05, 0) is 65.6 Å². The Labute approximate surface area is 192 Å². The molecule has 0 heterocycles. The molecule has 1 aliphatic carbocycles. The Morgan fingerprint density at radius 2 is 1.76 bits per heavy atom. The molecule has 0 aromatic heterocycles. The Morgan fingerprint density at radius 3 is 2.35 bits per heavy atom. The first kappa shape index (κ1) is 23.5. The van der Waals surface area contributed by atoms with Gasteiger partial charge in [0, 0.05) is 5.39 Å². The van der Waals surface area contributed by atoms with Gasteiger partial charge in [-0.25, -0.2) is 9.18 Å². The Bertz CT molecular complexity index is 1250. The van der Waals surface area contributed by atoms with Gasteiger partial charge in [0.05, 0.1) is 11.1 Å². The second-order valence-corrected chi connectivity index (χ2v) is 8.69. The van der Waals surface area contributed by atoms with Crippen LogP contribution < -0.4 is 10.1 Å². The Hall–Kier alpha value is -3.62. The van der Waals surface area contributed by atoms with Gasteiger partial charge >= 0.3 is 12.1 Å². The zero-order valence-electron chi connectivity index (χ0n) is 18.1. The fourth-order valence-electron chi connectivity index (χ4n) is 3.78. The monoisotopic (exact) mass is 475 g/mol. The summed E-state index contributed by atoms with van der Waals surface area (Å²) in [5, 5.41) is 13.0. The standard InChI is InChI=1S/C25H21F4NO4/c1-24(10-11-24)21(23(32)33)30-22(31)19-8-4-15-12-17(26)7-9-18(15)20(19)34-13-14-2-5-16(6-3-14)25(27,28)29/h2-9,12,21H,10-11,13H2,1H3,(H,30,31)(H,32,33). The summed E-state index contributed by atoms with van der Waals surface area (Å²) in [5.41, 5.74) is -0.873. The van der Waals surface area contributed by atoms with Crippen molar-refractivity contribution >= 4 is 22.6 Å². The molecule has 0 spiro atoms. The van der Waals surface area contributed by atoms with E-state index in [1.807, 2.05) is 0 Å². The van der Waals surface area contributed by atoms with Crippen molar-refractivity contribution in [3.8, 4) is 5.75 Å². The third-order valence-electron chi connectivity index (χ3n) is 6.10. The number of carboxylic acid groups (broad SMARTS) is 1. The second kappa shape index (κ2) is 8.62. The van der Waals surface area contributed by atoms with Gasteiger partial charge in [-0.2, -0.15) is 13.2 Å². The summed E-state index contributed by atoms with van der Waals surface area (Å²) >= 11 is 0. The second-order valence-electron chi connectivity index (χ2n) is 8.69. The number of nitrogens with one attached hydrogen (secondary N) is 1. The first-order valence-corrected chi connectivity index (χ1v) is 10.5. The van der Waals surface area contributed by atoms with Crippen LogP contribution in [0, 0.1) is 11.2 Å². The van der Waals surface area contributed by atoms with Crippen LogP contribution in [0.5, 0.6) is 5.75 Å². The fourth-order valence-corrected chi connectivity index (χ4v) is 3.78. The van der Waals surface area contributed by atoms with Gasteiger partial charge in [0.25, 0.3) is 5.91 Å². The fraction of sp³-hybridized carbons (Fsp3) is 0.280. The number of carbonyl (C=O) groups is 2. The largest absolute Gasteiger partial charge is 0.487 e. The summed E-state index contributed by atoms with van der Waals surface area (Å²) in [5.74, 6) is -2.23. The van der Waals surface area contributed by atoms with E-state index in [-0.39, 0.29) is 17.9 Å². The first-order valence-electron chi connectivity index (χ1n) is 10.5. The molecule has 9 heteroatoms. The molecular formula is C25H21F4NO4. The lowest BCUT2D eigenvalue weighted by molar-refractivity contribution is -0.141. The Morgan fingerprint density at radius 1 is 1.09 bits per heavy atom. The molecule has 1 fully saturated rings. The molecule has 0 saturated heterocycles. The zero-order valence-corrected chi connectivity index (χ0v) is 18.1. The van der Waals surface area contributed by atoms with Crippen LogP contribution in [-0.2, 0) is 17.6 Å². The van der Waals surface area contributed by atoms with Crippen molar-refractivity contribution in [3.05, 3.63) is 77.1 Å². The third-order valence-corrected chi connectivity index (χ3v) is 6.10. The highest BCUT2D eigenvalue weighted by atomic mass is 19.4. The van der Waals surface area contributed by atoms with Crippen molar-refractivity contribution in [2.75, 3.05) is 0 Å². The molecule has 3 aromatic carbocycles. The van der Waals surface area contributed by atoms with Crippen molar-refractivity contribution < 1.29 is 37.0 Å². The average Bonchev–Trinajstić information content (AvgIpc) is 3.52. The maximum Gasteiger partial charge on any atom is 0.416 e. The maximum absolute atomic E-state index is 13.7. The van der Waals surface area contributed by atoms with E-state index in [1.165, 1.54) is 42.5 Å². The number of halogens is 4. The van der Waals surface area contributed by atoms with E-state index in [4.69, 9.17) is 4.74 Å². The molecule has 0 radical (unpaired) electrons. The number of carbonyl (C=O) groups excluding carboxylic acids is 1. The third kappa shape index (κ3) is 4.83. The molecule has 0 aliphatic heterocycles. The molecule has 5 nitrogen and oxygen atoms in total. The number of benzene rings is 3. The molecule has 1 amide bonds. The van der Waals surface area contributed by atoms with Crippen LogP contribution >= 0.6 is 0 Å². The van der Waals surface area contributed by atoms with E-state index in [0.29, 0.717) is 29.2 Å². The van der Waals surface area contributed by atoms with Crippen molar-refractivity contribution in [1.82, 2.24) is 5.32 Å². The highest BCUT2D eigenvalue weighted by Gasteiger charge is 2.49. The molecule has 2 N–H and O–H groups in total. The Balaban J connectivity index is 1.65. The smallest absolute Gasteiger partial charge is 0.416 e. The van der Waals surface area contributed by atoms with Crippen LogP contribution in [0.25, 0.3) is 10.8 Å². The van der Waals surface area contributed by atoms with Gasteiger partial charge in [-0.3, -0.25) is 4.79 Å². The lowest BCUT2D eigenvalue weighted by atomic mass is 9.98. The van der Waals surface area contributed by atoms with Crippen molar-refractivity contribution in [1.29, 1.82) is 0 Å². The van der Waals surface area contributed by atoms with E-state index < -0.39 is 40.9 Å². The summed E-state index contributed by atoms with van der Waals surface area (Å²) in [6.45, 7) is 1.62. The van der Waals surface area contributed by atoms with E-state index in [0.717, 1.165) is 12.1 Å². The number of aliphatic carboxylic acids is 1. The first-order chi connectivity index (χ1) is 16.0. The van der Waals surface area contributed by atoms with Crippen molar-refractivity contribution in [2.45, 2.75) is 38.6 Å². The van der Waals surface area contributed by atoms with Gasteiger partial charge in [0.2, 0.25) is 0 Å². The summed E-state index contributed by atoms with van der Waals surface area (Å²) in [4.78, 5) is 24.8. The van der Waals surface area contributed by atoms with Gasteiger partial charge in [0.1, 0.15) is 24.2 Å². The van der Waals surface area contributed by atoms with Crippen molar-refractivity contribution in [2.24, 2.45) is 5.41 Å². The zero-order chi connectivity index (χ0) is 24.7. The van der Waals surface area contributed by atoms with Gasteiger partial charge in [-0.1, -0.05) is 25.1 Å². The van der Waals surface area contributed by atoms with Crippen LogP contribution in [0.3, 0.4) is 0 Å². The van der Waals surface area contributed by atoms with Crippen LogP contribution in [0.1, 0.15) is 41.3 Å². The van der Waals surface area contributed by atoms with Gasteiger partial charge in [-0.15, -0.1) is 0 Å². The van der Waals surface area contributed by atoms with Crippen LogP contribution in [0.2, 0.25) is 0 Å².